The lowest BCUT2D eigenvalue weighted by atomic mass is 10.1. The minimum absolute atomic E-state index is 0.0501. The highest BCUT2D eigenvalue weighted by Crippen LogP contribution is 2.17. The van der Waals surface area contributed by atoms with Crippen LogP contribution >= 0.6 is 11.3 Å². The lowest BCUT2D eigenvalue weighted by Crippen LogP contribution is -2.15. The topological polar surface area (TPSA) is 71.1 Å². The summed E-state index contributed by atoms with van der Waals surface area (Å²) in [6, 6.07) is 7.52. The fourth-order valence-corrected chi connectivity index (χ4v) is 3.87. The average molecular weight is 311 g/mol. The zero-order valence-corrected chi connectivity index (χ0v) is 13.0. The third kappa shape index (κ3) is 4.29. The summed E-state index contributed by atoms with van der Waals surface area (Å²) >= 11 is 1.29. The number of hydrogen-bond donors (Lipinski definition) is 2. The van der Waals surface area contributed by atoms with Crippen molar-refractivity contribution in [3.05, 3.63) is 46.5 Å². The van der Waals surface area contributed by atoms with Crippen LogP contribution in [0.15, 0.2) is 29.6 Å². The number of rotatable bonds is 6. The van der Waals surface area contributed by atoms with E-state index in [1.165, 1.54) is 11.3 Å². The zero-order valence-electron chi connectivity index (χ0n) is 11.4. The van der Waals surface area contributed by atoms with Crippen molar-refractivity contribution in [2.75, 3.05) is 11.8 Å². The van der Waals surface area contributed by atoms with Gasteiger partial charge in [-0.2, -0.15) is 0 Å². The fourth-order valence-electron chi connectivity index (χ4n) is 1.75. The molecule has 1 heterocycles. The number of hydrogen-bond acceptors (Lipinski definition) is 5. The van der Waals surface area contributed by atoms with Crippen molar-refractivity contribution in [3.8, 4) is 0 Å². The molecule has 0 bridgehead atoms. The van der Waals surface area contributed by atoms with Gasteiger partial charge in [-0.05, 0) is 25.1 Å². The summed E-state index contributed by atoms with van der Waals surface area (Å²) < 4.78 is 26.6. The molecule has 5 nitrogen and oxygen atoms in total. The van der Waals surface area contributed by atoms with Crippen LogP contribution in [0, 0.1) is 6.92 Å². The quantitative estimate of drug-likeness (QED) is 0.857. The Balaban J connectivity index is 2.04. The molecule has 2 N–H and O–H groups in total. The van der Waals surface area contributed by atoms with Gasteiger partial charge in [-0.3, -0.25) is 4.72 Å². The van der Waals surface area contributed by atoms with Gasteiger partial charge in [-0.25, -0.2) is 13.4 Å². The van der Waals surface area contributed by atoms with E-state index in [2.05, 4.69) is 15.0 Å². The van der Waals surface area contributed by atoms with E-state index in [0.717, 1.165) is 23.4 Å². The van der Waals surface area contributed by atoms with Gasteiger partial charge in [0.15, 0.2) is 5.13 Å². The molecule has 0 saturated carbocycles. The Morgan fingerprint density at radius 1 is 1.20 bits per heavy atom. The Kier molecular flexibility index (Phi) is 4.74. The number of aromatic nitrogens is 1. The maximum absolute atomic E-state index is 12.0. The Bertz CT molecular complexity index is 663. The van der Waals surface area contributed by atoms with E-state index < -0.39 is 10.0 Å². The van der Waals surface area contributed by atoms with Crippen molar-refractivity contribution in [1.82, 2.24) is 10.3 Å². The minimum Gasteiger partial charge on any atom is -0.316 e. The second kappa shape index (κ2) is 6.34. The van der Waals surface area contributed by atoms with Crippen LogP contribution in [0.3, 0.4) is 0 Å². The Labute approximate surface area is 123 Å². The molecular formula is C13H17N3O2S2. The van der Waals surface area contributed by atoms with E-state index in [4.69, 9.17) is 0 Å². The highest BCUT2D eigenvalue weighted by atomic mass is 32.2. The van der Waals surface area contributed by atoms with Crippen LogP contribution in [0.5, 0.6) is 0 Å². The number of anilines is 1. The van der Waals surface area contributed by atoms with E-state index in [0.29, 0.717) is 5.13 Å². The summed E-state index contributed by atoms with van der Waals surface area (Å²) in [6.07, 6.45) is 0. The summed E-state index contributed by atoms with van der Waals surface area (Å²) in [4.78, 5) is 4.10. The standard InChI is InChI=1S/C13H17N3O2S2/c1-10-8-19-13(15-10)16-20(17,18)9-12-5-3-11(4-6-12)7-14-2/h3-6,8,14H,7,9H2,1-2H3,(H,15,16). The van der Waals surface area contributed by atoms with Crippen molar-refractivity contribution in [3.63, 3.8) is 0 Å². The predicted octanol–water partition coefficient (Wildman–Crippen LogP) is 2.11. The van der Waals surface area contributed by atoms with Crippen molar-refractivity contribution in [2.45, 2.75) is 19.2 Å². The Morgan fingerprint density at radius 3 is 2.40 bits per heavy atom. The summed E-state index contributed by atoms with van der Waals surface area (Å²) in [5, 5.41) is 5.27. The largest absolute Gasteiger partial charge is 0.316 e. The molecule has 20 heavy (non-hydrogen) atoms. The molecule has 0 saturated heterocycles. The highest BCUT2D eigenvalue weighted by molar-refractivity contribution is 7.92. The van der Waals surface area contributed by atoms with Crippen LogP contribution in [0.1, 0.15) is 16.8 Å². The summed E-state index contributed by atoms with van der Waals surface area (Å²) in [5.74, 6) is -0.0501. The molecule has 0 fully saturated rings. The predicted molar refractivity (Wildman–Crippen MR) is 82.3 cm³/mol. The second-order valence-corrected chi connectivity index (χ2v) is 7.08. The molecule has 2 aromatic rings. The van der Waals surface area contributed by atoms with Crippen molar-refractivity contribution < 1.29 is 8.42 Å². The molecule has 0 aliphatic rings. The molecule has 0 unspecified atom stereocenters. The highest BCUT2D eigenvalue weighted by Gasteiger charge is 2.13. The Hall–Kier alpha value is -1.44. The normalized spacial score (nSPS) is 11.5. The van der Waals surface area contributed by atoms with Gasteiger partial charge in [0.1, 0.15) is 0 Å². The van der Waals surface area contributed by atoms with E-state index in [1.807, 2.05) is 43.6 Å². The SMILES string of the molecule is CNCc1ccc(CS(=O)(=O)Nc2nc(C)cs2)cc1. The maximum atomic E-state index is 12.0. The molecular weight excluding hydrogens is 294 g/mol. The first kappa shape index (κ1) is 15.0. The molecule has 1 aromatic heterocycles. The van der Waals surface area contributed by atoms with Crippen LogP contribution in [0.2, 0.25) is 0 Å². The van der Waals surface area contributed by atoms with Gasteiger partial charge >= 0.3 is 0 Å². The van der Waals surface area contributed by atoms with E-state index in [-0.39, 0.29) is 5.75 Å². The van der Waals surface area contributed by atoms with Gasteiger partial charge in [0.2, 0.25) is 10.0 Å². The fraction of sp³-hybridized carbons (Fsp3) is 0.308. The first-order chi connectivity index (χ1) is 9.48. The van der Waals surface area contributed by atoms with Crippen molar-refractivity contribution in [1.29, 1.82) is 0 Å². The number of aryl methyl sites for hydroxylation is 1. The number of nitrogens with zero attached hydrogens (tertiary/aromatic N) is 1. The third-order valence-electron chi connectivity index (χ3n) is 2.62. The molecule has 0 aliphatic heterocycles. The van der Waals surface area contributed by atoms with Gasteiger partial charge in [0.25, 0.3) is 0 Å². The van der Waals surface area contributed by atoms with E-state index in [9.17, 15) is 8.42 Å². The molecule has 2 rings (SSSR count). The first-order valence-electron chi connectivity index (χ1n) is 6.13. The molecule has 0 amide bonds. The van der Waals surface area contributed by atoms with Crippen molar-refractivity contribution >= 4 is 26.5 Å². The van der Waals surface area contributed by atoms with Gasteiger partial charge in [0, 0.05) is 11.9 Å². The van der Waals surface area contributed by atoms with Gasteiger partial charge in [-0.1, -0.05) is 24.3 Å². The van der Waals surface area contributed by atoms with E-state index >= 15 is 0 Å². The van der Waals surface area contributed by atoms with Gasteiger partial charge < -0.3 is 5.32 Å². The average Bonchev–Trinajstić information content (AvgIpc) is 2.76. The third-order valence-corrected chi connectivity index (χ3v) is 4.84. The molecule has 1 aromatic carbocycles. The first-order valence-corrected chi connectivity index (χ1v) is 8.67. The van der Waals surface area contributed by atoms with Crippen molar-refractivity contribution in [2.24, 2.45) is 0 Å². The minimum atomic E-state index is -3.42. The Morgan fingerprint density at radius 2 is 1.85 bits per heavy atom. The van der Waals surface area contributed by atoms with E-state index in [1.54, 1.807) is 0 Å². The van der Waals surface area contributed by atoms with Gasteiger partial charge in [-0.15, -0.1) is 11.3 Å². The smallest absolute Gasteiger partial charge is 0.238 e. The summed E-state index contributed by atoms with van der Waals surface area (Å²) in [5.41, 5.74) is 2.69. The molecule has 0 radical (unpaired) electrons. The zero-order chi connectivity index (χ0) is 14.6. The summed E-state index contributed by atoms with van der Waals surface area (Å²) in [7, 11) is -1.54. The monoisotopic (exact) mass is 311 g/mol. The molecule has 7 heteroatoms. The lowest BCUT2D eigenvalue weighted by Gasteiger charge is -2.06. The van der Waals surface area contributed by atoms with Crippen LogP contribution in [0.4, 0.5) is 5.13 Å². The number of sulfonamides is 1. The number of benzene rings is 1. The number of thiazole rings is 1. The van der Waals surface area contributed by atoms with Crippen LogP contribution in [-0.2, 0) is 22.3 Å². The molecule has 0 atom stereocenters. The van der Waals surface area contributed by atoms with Crippen LogP contribution in [0.25, 0.3) is 0 Å². The maximum Gasteiger partial charge on any atom is 0.238 e. The molecule has 0 aliphatic carbocycles. The molecule has 0 spiro atoms. The molecule has 108 valence electrons. The lowest BCUT2D eigenvalue weighted by molar-refractivity contribution is 0.600. The number of nitrogens with one attached hydrogen (secondary N) is 2. The van der Waals surface area contributed by atoms with Crippen LogP contribution in [-0.4, -0.2) is 20.4 Å². The van der Waals surface area contributed by atoms with Crippen LogP contribution < -0.4 is 10.0 Å². The second-order valence-electron chi connectivity index (χ2n) is 4.50. The summed E-state index contributed by atoms with van der Waals surface area (Å²) in [6.45, 7) is 2.60. The van der Waals surface area contributed by atoms with Gasteiger partial charge in [0.05, 0.1) is 11.4 Å².